The number of halogens is 2. The van der Waals surface area contributed by atoms with Gasteiger partial charge < -0.3 is 5.32 Å². The highest BCUT2D eigenvalue weighted by molar-refractivity contribution is 7.80. The van der Waals surface area contributed by atoms with Crippen molar-refractivity contribution in [3.63, 3.8) is 0 Å². The second kappa shape index (κ2) is 7.85. The van der Waals surface area contributed by atoms with Crippen molar-refractivity contribution < 1.29 is 9.18 Å². The number of carbonyl (C=O) groups is 1. The van der Waals surface area contributed by atoms with Crippen LogP contribution in [0.25, 0.3) is 6.08 Å². The minimum atomic E-state index is -0.520. The molecular weight excluding hydrogens is 335 g/mol. The van der Waals surface area contributed by atoms with Gasteiger partial charge in [-0.05, 0) is 49.0 Å². The van der Waals surface area contributed by atoms with E-state index in [0.717, 1.165) is 11.1 Å². The number of aryl methyl sites for hydroxylation is 1. The third kappa shape index (κ3) is 5.47. The van der Waals surface area contributed by atoms with Gasteiger partial charge in [-0.15, -0.1) is 0 Å². The molecule has 118 valence electrons. The van der Waals surface area contributed by atoms with Gasteiger partial charge in [0.2, 0.25) is 5.91 Å². The first-order chi connectivity index (χ1) is 10.9. The van der Waals surface area contributed by atoms with Crippen molar-refractivity contribution in [3.05, 3.63) is 70.5 Å². The lowest BCUT2D eigenvalue weighted by molar-refractivity contribution is -0.115. The molecule has 0 radical (unpaired) electrons. The van der Waals surface area contributed by atoms with E-state index < -0.39 is 5.82 Å². The van der Waals surface area contributed by atoms with Crippen LogP contribution in [0.15, 0.2) is 48.5 Å². The van der Waals surface area contributed by atoms with Crippen molar-refractivity contribution in [2.75, 3.05) is 5.32 Å². The average Bonchev–Trinajstić information content (AvgIpc) is 2.50. The largest absolute Gasteiger partial charge is 0.332 e. The molecule has 0 bridgehead atoms. The normalized spacial score (nSPS) is 10.6. The monoisotopic (exact) mass is 348 g/mol. The standard InChI is InChI=1S/C17H14ClFN2OS/c1-11-2-4-12(5-3-11)6-9-16(22)21-17(23)20-13-7-8-15(19)14(18)10-13/h2-10H,1H3,(H2,20,21,22,23)/b9-6+. The van der Waals surface area contributed by atoms with Crippen LogP contribution in [0.2, 0.25) is 5.02 Å². The summed E-state index contributed by atoms with van der Waals surface area (Å²) in [6.45, 7) is 1.99. The first-order valence-electron chi connectivity index (χ1n) is 6.76. The van der Waals surface area contributed by atoms with E-state index in [4.69, 9.17) is 23.8 Å². The van der Waals surface area contributed by atoms with Crippen molar-refractivity contribution in [2.24, 2.45) is 0 Å². The van der Waals surface area contributed by atoms with E-state index in [1.807, 2.05) is 31.2 Å². The number of hydrogen-bond donors (Lipinski definition) is 2. The number of benzene rings is 2. The van der Waals surface area contributed by atoms with Crippen molar-refractivity contribution >= 4 is 46.6 Å². The fourth-order valence-corrected chi connectivity index (χ4v) is 2.14. The maximum atomic E-state index is 13.1. The predicted molar refractivity (Wildman–Crippen MR) is 96.0 cm³/mol. The zero-order valence-electron chi connectivity index (χ0n) is 12.3. The van der Waals surface area contributed by atoms with Gasteiger partial charge in [0.15, 0.2) is 5.11 Å². The summed E-state index contributed by atoms with van der Waals surface area (Å²) < 4.78 is 13.1. The molecule has 2 rings (SSSR count). The average molecular weight is 349 g/mol. The van der Waals surface area contributed by atoms with Crippen LogP contribution >= 0.6 is 23.8 Å². The van der Waals surface area contributed by atoms with Crippen LogP contribution in [0.3, 0.4) is 0 Å². The number of thiocarbonyl (C=S) groups is 1. The lowest BCUT2D eigenvalue weighted by atomic mass is 10.1. The maximum absolute atomic E-state index is 13.1. The number of carbonyl (C=O) groups excluding carboxylic acids is 1. The zero-order valence-corrected chi connectivity index (χ0v) is 13.8. The molecule has 0 fully saturated rings. The summed E-state index contributed by atoms with van der Waals surface area (Å²) in [5.74, 6) is -0.885. The first kappa shape index (κ1) is 17.1. The molecule has 0 aromatic heterocycles. The van der Waals surface area contributed by atoms with Gasteiger partial charge >= 0.3 is 0 Å². The maximum Gasteiger partial charge on any atom is 0.250 e. The Labute approximate surface area is 144 Å². The summed E-state index contributed by atoms with van der Waals surface area (Å²) in [7, 11) is 0. The van der Waals surface area contributed by atoms with Crippen LogP contribution in [0.5, 0.6) is 0 Å². The summed E-state index contributed by atoms with van der Waals surface area (Å²) in [5, 5.41) is 5.34. The molecule has 0 aliphatic carbocycles. The Bertz CT molecular complexity index is 760. The molecule has 23 heavy (non-hydrogen) atoms. The molecule has 2 aromatic carbocycles. The Morgan fingerprint density at radius 2 is 1.91 bits per heavy atom. The Hall–Kier alpha value is -2.24. The van der Waals surface area contributed by atoms with Crippen LogP contribution in [0.4, 0.5) is 10.1 Å². The summed E-state index contributed by atoms with van der Waals surface area (Å²) in [5.41, 5.74) is 2.55. The number of nitrogens with one attached hydrogen (secondary N) is 2. The van der Waals surface area contributed by atoms with E-state index in [2.05, 4.69) is 10.6 Å². The third-order valence-corrected chi connectivity index (χ3v) is 3.41. The van der Waals surface area contributed by atoms with Crippen molar-refractivity contribution in [2.45, 2.75) is 6.92 Å². The van der Waals surface area contributed by atoms with E-state index >= 15 is 0 Å². The van der Waals surface area contributed by atoms with Crippen molar-refractivity contribution in [3.8, 4) is 0 Å². The summed E-state index contributed by atoms with van der Waals surface area (Å²) >= 11 is 10.7. The van der Waals surface area contributed by atoms with Crippen LogP contribution in [-0.4, -0.2) is 11.0 Å². The fourth-order valence-electron chi connectivity index (χ4n) is 1.74. The molecule has 2 N–H and O–H groups in total. The second-order valence-corrected chi connectivity index (χ2v) is 5.63. The minimum absolute atomic E-state index is 0.0246. The number of amides is 1. The van der Waals surface area contributed by atoms with E-state index in [9.17, 15) is 9.18 Å². The fraction of sp³-hybridized carbons (Fsp3) is 0.0588. The van der Waals surface area contributed by atoms with Gasteiger partial charge in [-0.25, -0.2) is 4.39 Å². The van der Waals surface area contributed by atoms with E-state index in [1.165, 1.54) is 24.3 Å². The van der Waals surface area contributed by atoms with Gasteiger partial charge in [-0.3, -0.25) is 10.1 Å². The number of rotatable bonds is 3. The molecule has 1 amide bonds. The molecule has 0 aliphatic rings. The molecular formula is C17H14ClFN2OS. The SMILES string of the molecule is Cc1ccc(/C=C/C(=O)NC(=S)Nc2ccc(F)c(Cl)c2)cc1. The van der Waals surface area contributed by atoms with Crippen LogP contribution in [0, 0.1) is 12.7 Å². The van der Waals surface area contributed by atoms with Gasteiger partial charge in [-0.1, -0.05) is 41.4 Å². The van der Waals surface area contributed by atoms with Crippen LogP contribution < -0.4 is 10.6 Å². The molecule has 0 atom stereocenters. The quantitative estimate of drug-likeness (QED) is 0.641. The number of anilines is 1. The highest BCUT2D eigenvalue weighted by atomic mass is 35.5. The van der Waals surface area contributed by atoms with Crippen molar-refractivity contribution in [1.29, 1.82) is 0 Å². The second-order valence-electron chi connectivity index (χ2n) is 4.82. The van der Waals surface area contributed by atoms with E-state index in [1.54, 1.807) is 6.08 Å². The van der Waals surface area contributed by atoms with E-state index in [0.29, 0.717) is 5.69 Å². The Morgan fingerprint density at radius 3 is 2.57 bits per heavy atom. The molecule has 6 heteroatoms. The van der Waals surface area contributed by atoms with Gasteiger partial charge in [-0.2, -0.15) is 0 Å². The summed E-state index contributed by atoms with van der Waals surface area (Å²) in [6.07, 6.45) is 3.07. The highest BCUT2D eigenvalue weighted by Gasteiger charge is 2.04. The molecule has 0 saturated heterocycles. The third-order valence-electron chi connectivity index (χ3n) is 2.92. The Kier molecular flexibility index (Phi) is 5.84. The zero-order chi connectivity index (χ0) is 16.8. The Morgan fingerprint density at radius 1 is 1.22 bits per heavy atom. The first-order valence-corrected chi connectivity index (χ1v) is 7.54. The summed E-state index contributed by atoms with van der Waals surface area (Å²) in [4.78, 5) is 11.8. The molecule has 2 aromatic rings. The lowest BCUT2D eigenvalue weighted by Gasteiger charge is -2.08. The van der Waals surface area contributed by atoms with Gasteiger partial charge in [0.25, 0.3) is 0 Å². The molecule has 0 heterocycles. The topological polar surface area (TPSA) is 41.1 Å². The highest BCUT2D eigenvalue weighted by Crippen LogP contribution is 2.19. The van der Waals surface area contributed by atoms with Gasteiger partial charge in [0, 0.05) is 11.8 Å². The Balaban J connectivity index is 1.90. The number of hydrogen-bond acceptors (Lipinski definition) is 2. The van der Waals surface area contributed by atoms with Gasteiger partial charge in [0.1, 0.15) is 5.82 Å². The molecule has 0 spiro atoms. The predicted octanol–water partition coefficient (Wildman–Crippen LogP) is 4.31. The minimum Gasteiger partial charge on any atom is -0.332 e. The van der Waals surface area contributed by atoms with Gasteiger partial charge in [0.05, 0.1) is 5.02 Å². The lowest BCUT2D eigenvalue weighted by Crippen LogP contribution is -2.32. The molecule has 0 aliphatic heterocycles. The van der Waals surface area contributed by atoms with Crippen LogP contribution in [0.1, 0.15) is 11.1 Å². The summed E-state index contributed by atoms with van der Waals surface area (Å²) in [6, 6.07) is 11.8. The smallest absolute Gasteiger partial charge is 0.250 e. The van der Waals surface area contributed by atoms with Crippen LogP contribution in [-0.2, 0) is 4.79 Å². The van der Waals surface area contributed by atoms with Crippen molar-refractivity contribution in [1.82, 2.24) is 5.32 Å². The molecule has 3 nitrogen and oxygen atoms in total. The molecule has 0 saturated carbocycles. The van der Waals surface area contributed by atoms with E-state index in [-0.39, 0.29) is 16.0 Å². The molecule has 0 unspecified atom stereocenters.